The molecule has 16 heavy (non-hydrogen) atoms. The van der Waals surface area contributed by atoms with Crippen molar-refractivity contribution >= 4 is 5.69 Å². The molecule has 0 amide bonds. The molecule has 0 radical (unpaired) electrons. The van der Waals surface area contributed by atoms with Gasteiger partial charge in [0.25, 0.3) is 0 Å². The highest BCUT2D eigenvalue weighted by atomic mass is 14.9. The zero-order valence-corrected chi connectivity index (χ0v) is 10.3. The highest BCUT2D eigenvalue weighted by Gasteiger charge is 2.19. The van der Waals surface area contributed by atoms with Crippen LogP contribution in [-0.2, 0) is 0 Å². The molecule has 0 atom stereocenters. The van der Waals surface area contributed by atoms with Crippen molar-refractivity contribution in [1.29, 1.82) is 0 Å². The summed E-state index contributed by atoms with van der Waals surface area (Å²) in [6.45, 7) is 2.14. The van der Waals surface area contributed by atoms with Crippen LogP contribution in [0, 0.1) is 6.92 Å². The molecule has 1 aliphatic rings. The van der Waals surface area contributed by atoms with Crippen LogP contribution in [-0.4, -0.2) is 19.1 Å². The van der Waals surface area contributed by atoms with Crippen molar-refractivity contribution in [3.05, 3.63) is 29.8 Å². The van der Waals surface area contributed by atoms with Gasteiger partial charge in [-0.25, -0.2) is 0 Å². The first-order valence-corrected chi connectivity index (χ1v) is 6.28. The fourth-order valence-corrected chi connectivity index (χ4v) is 2.50. The van der Waals surface area contributed by atoms with Gasteiger partial charge < -0.3 is 10.6 Å². The molecule has 1 aromatic rings. The van der Waals surface area contributed by atoms with Crippen LogP contribution in [0.3, 0.4) is 0 Å². The van der Waals surface area contributed by atoms with Gasteiger partial charge in [0.2, 0.25) is 0 Å². The lowest BCUT2D eigenvalue weighted by Gasteiger charge is -2.29. The average molecular weight is 218 g/mol. The predicted molar refractivity (Wildman–Crippen MR) is 69.9 cm³/mol. The maximum atomic E-state index is 3.64. The molecular weight excluding hydrogens is 196 g/mol. The minimum Gasteiger partial charge on any atom is -0.382 e. The molecule has 1 aliphatic carbocycles. The zero-order valence-electron chi connectivity index (χ0n) is 10.3. The molecule has 0 saturated heterocycles. The monoisotopic (exact) mass is 218 g/mol. The Labute approximate surface area is 98.4 Å². The molecule has 88 valence electrons. The number of anilines is 1. The van der Waals surface area contributed by atoms with Crippen LogP contribution in [0.5, 0.6) is 0 Å². The Morgan fingerprint density at radius 1 is 1.06 bits per heavy atom. The molecule has 0 unspecified atom stereocenters. The number of hydrogen-bond donors (Lipinski definition) is 2. The second-order valence-electron chi connectivity index (χ2n) is 4.85. The second kappa shape index (κ2) is 5.35. The van der Waals surface area contributed by atoms with Gasteiger partial charge in [0.05, 0.1) is 0 Å². The van der Waals surface area contributed by atoms with Crippen LogP contribution < -0.4 is 10.6 Å². The van der Waals surface area contributed by atoms with Crippen molar-refractivity contribution in [3.63, 3.8) is 0 Å². The van der Waals surface area contributed by atoms with Gasteiger partial charge in [0.1, 0.15) is 0 Å². The van der Waals surface area contributed by atoms with E-state index in [1.54, 1.807) is 0 Å². The maximum Gasteiger partial charge on any atom is 0.0344 e. The lowest BCUT2D eigenvalue weighted by Crippen LogP contribution is -2.34. The first-order valence-electron chi connectivity index (χ1n) is 6.28. The Morgan fingerprint density at radius 3 is 2.38 bits per heavy atom. The summed E-state index contributed by atoms with van der Waals surface area (Å²) in [5.41, 5.74) is 2.60. The van der Waals surface area contributed by atoms with E-state index in [9.17, 15) is 0 Å². The van der Waals surface area contributed by atoms with Crippen LogP contribution >= 0.6 is 0 Å². The van der Waals surface area contributed by atoms with E-state index < -0.39 is 0 Å². The lowest BCUT2D eigenvalue weighted by molar-refractivity contribution is 0.371. The third-order valence-electron chi connectivity index (χ3n) is 3.52. The summed E-state index contributed by atoms with van der Waals surface area (Å²) in [5, 5.41) is 7.01. The summed E-state index contributed by atoms with van der Waals surface area (Å²) in [6, 6.07) is 10.0. The molecule has 2 nitrogen and oxygen atoms in total. The van der Waals surface area contributed by atoms with E-state index in [-0.39, 0.29) is 0 Å². The molecule has 0 spiro atoms. The van der Waals surface area contributed by atoms with E-state index in [4.69, 9.17) is 0 Å². The van der Waals surface area contributed by atoms with Crippen LogP contribution in [0.1, 0.15) is 31.2 Å². The van der Waals surface area contributed by atoms with E-state index >= 15 is 0 Å². The summed E-state index contributed by atoms with van der Waals surface area (Å²) in [7, 11) is 2.07. The minimum absolute atomic E-state index is 0.659. The van der Waals surface area contributed by atoms with Gasteiger partial charge in [-0.3, -0.25) is 0 Å². The van der Waals surface area contributed by atoms with E-state index in [1.165, 1.54) is 36.9 Å². The predicted octanol–water partition coefficient (Wildman–Crippen LogP) is 2.94. The number of aryl methyl sites for hydroxylation is 1. The molecule has 1 saturated carbocycles. The van der Waals surface area contributed by atoms with Crippen LogP contribution in [0.4, 0.5) is 5.69 Å². The Kier molecular flexibility index (Phi) is 3.83. The van der Waals surface area contributed by atoms with Crippen molar-refractivity contribution in [1.82, 2.24) is 5.32 Å². The van der Waals surface area contributed by atoms with Crippen molar-refractivity contribution in [2.24, 2.45) is 0 Å². The van der Waals surface area contributed by atoms with E-state index in [0.29, 0.717) is 6.04 Å². The quantitative estimate of drug-likeness (QED) is 0.815. The molecule has 2 N–H and O–H groups in total. The van der Waals surface area contributed by atoms with Gasteiger partial charge in [0.15, 0.2) is 0 Å². The van der Waals surface area contributed by atoms with Gasteiger partial charge >= 0.3 is 0 Å². The summed E-state index contributed by atoms with van der Waals surface area (Å²) in [4.78, 5) is 0. The Morgan fingerprint density at radius 2 is 1.75 bits per heavy atom. The first kappa shape index (κ1) is 11.5. The van der Waals surface area contributed by atoms with Crippen molar-refractivity contribution in [2.75, 3.05) is 12.4 Å². The molecule has 1 aromatic carbocycles. The highest BCUT2D eigenvalue weighted by Crippen LogP contribution is 2.22. The maximum absolute atomic E-state index is 3.64. The van der Waals surface area contributed by atoms with E-state index in [0.717, 1.165) is 6.04 Å². The Hall–Kier alpha value is -1.02. The lowest BCUT2D eigenvalue weighted by atomic mass is 9.91. The molecular formula is C14H22N2. The molecule has 2 rings (SSSR count). The van der Waals surface area contributed by atoms with Gasteiger partial charge in [-0.2, -0.15) is 0 Å². The van der Waals surface area contributed by atoms with Gasteiger partial charge in [-0.05, 0) is 57.4 Å². The number of rotatable bonds is 3. The number of benzene rings is 1. The molecule has 1 fully saturated rings. The highest BCUT2D eigenvalue weighted by molar-refractivity contribution is 5.46. The zero-order chi connectivity index (χ0) is 11.4. The van der Waals surface area contributed by atoms with Crippen molar-refractivity contribution < 1.29 is 0 Å². The number of hydrogen-bond acceptors (Lipinski definition) is 2. The first-order chi connectivity index (χ1) is 7.78. The molecule has 0 bridgehead atoms. The summed E-state index contributed by atoms with van der Waals surface area (Å²) in [6.07, 6.45) is 5.14. The molecule has 0 aliphatic heterocycles. The smallest absolute Gasteiger partial charge is 0.0344 e. The Bertz CT molecular complexity index is 327. The van der Waals surface area contributed by atoms with Gasteiger partial charge in [-0.1, -0.05) is 12.1 Å². The van der Waals surface area contributed by atoms with Crippen LogP contribution in [0.15, 0.2) is 24.3 Å². The molecule has 0 aromatic heterocycles. The number of nitrogens with one attached hydrogen (secondary N) is 2. The standard InChI is InChI=1S/C14H22N2/c1-11-4-3-5-14(10-11)16-13-8-6-12(15-2)7-9-13/h3-5,10,12-13,15-16H,6-9H2,1-2H3. The average Bonchev–Trinajstić information content (AvgIpc) is 2.30. The van der Waals surface area contributed by atoms with E-state index in [2.05, 4.69) is 48.9 Å². The normalized spacial score (nSPS) is 25.4. The van der Waals surface area contributed by atoms with Crippen molar-refractivity contribution in [2.45, 2.75) is 44.7 Å². The third kappa shape index (κ3) is 2.99. The second-order valence-corrected chi connectivity index (χ2v) is 4.85. The third-order valence-corrected chi connectivity index (χ3v) is 3.52. The van der Waals surface area contributed by atoms with Crippen LogP contribution in [0.25, 0.3) is 0 Å². The van der Waals surface area contributed by atoms with E-state index in [1.807, 2.05) is 0 Å². The fourth-order valence-electron chi connectivity index (χ4n) is 2.50. The van der Waals surface area contributed by atoms with Crippen molar-refractivity contribution in [3.8, 4) is 0 Å². The fraction of sp³-hybridized carbons (Fsp3) is 0.571. The summed E-state index contributed by atoms with van der Waals surface area (Å²) >= 11 is 0. The van der Waals surface area contributed by atoms with Crippen LogP contribution in [0.2, 0.25) is 0 Å². The summed E-state index contributed by atoms with van der Waals surface area (Å²) < 4.78 is 0. The van der Waals surface area contributed by atoms with Gasteiger partial charge in [0, 0.05) is 17.8 Å². The largest absolute Gasteiger partial charge is 0.382 e. The minimum atomic E-state index is 0.659. The SMILES string of the molecule is CNC1CCC(Nc2cccc(C)c2)CC1. The summed E-state index contributed by atoms with van der Waals surface area (Å²) in [5.74, 6) is 0. The molecule has 0 heterocycles. The van der Waals surface area contributed by atoms with Gasteiger partial charge in [-0.15, -0.1) is 0 Å². The molecule has 2 heteroatoms. The Balaban J connectivity index is 1.87. The topological polar surface area (TPSA) is 24.1 Å².